The molecule has 0 aliphatic carbocycles. The van der Waals surface area contributed by atoms with Gasteiger partial charge in [-0.05, 0) is 37.1 Å². The predicted octanol–water partition coefficient (Wildman–Crippen LogP) is 2.84. The lowest BCUT2D eigenvalue weighted by molar-refractivity contribution is 0.0588. The smallest absolute Gasteiger partial charge is 0.123 e. The van der Waals surface area contributed by atoms with E-state index >= 15 is 0 Å². The number of halogens is 1. The summed E-state index contributed by atoms with van der Waals surface area (Å²) in [7, 11) is 1.71. The van der Waals surface area contributed by atoms with Gasteiger partial charge < -0.3 is 9.47 Å². The second-order valence-corrected chi connectivity index (χ2v) is 6.14. The lowest BCUT2D eigenvalue weighted by Crippen LogP contribution is -2.34. The summed E-state index contributed by atoms with van der Waals surface area (Å²) in [5, 5.41) is 7.21. The van der Waals surface area contributed by atoms with E-state index in [9.17, 15) is 4.39 Å². The predicted molar refractivity (Wildman–Crippen MR) is 90.1 cm³/mol. The molecule has 1 aliphatic rings. The first-order chi connectivity index (χ1) is 11.8. The highest BCUT2D eigenvalue weighted by atomic mass is 19.1. The number of hydrogen-bond donors (Lipinski definition) is 1. The molecule has 1 saturated heterocycles. The van der Waals surface area contributed by atoms with Gasteiger partial charge in [-0.1, -0.05) is 0 Å². The van der Waals surface area contributed by atoms with E-state index in [4.69, 9.17) is 9.47 Å². The van der Waals surface area contributed by atoms with E-state index in [1.54, 1.807) is 19.2 Å². The third kappa shape index (κ3) is 4.41. The van der Waals surface area contributed by atoms with Crippen LogP contribution < -0.4 is 0 Å². The second kappa shape index (κ2) is 8.37. The summed E-state index contributed by atoms with van der Waals surface area (Å²) in [6, 6.07) is 6.47. The Bertz CT molecular complexity index is 623. The molecule has 1 aromatic heterocycles. The highest BCUT2D eigenvalue weighted by Gasteiger charge is 2.20. The summed E-state index contributed by atoms with van der Waals surface area (Å²) in [5.74, 6) is -0.236. The lowest BCUT2D eigenvalue weighted by Gasteiger charge is -2.24. The summed E-state index contributed by atoms with van der Waals surface area (Å²) in [6.45, 7) is 4.01. The van der Waals surface area contributed by atoms with Gasteiger partial charge in [0.25, 0.3) is 0 Å². The van der Waals surface area contributed by atoms with Crippen molar-refractivity contribution >= 4 is 0 Å². The SMILES string of the molecule is COCCN(Cc1cn[nH]c1-c1ccc(F)cc1)C[C@H]1CCCO1. The van der Waals surface area contributed by atoms with Crippen LogP contribution >= 0.6 is 0 Å². The van der Waals surface area contributed by atoms with Crippen molar-refractivity contribution in [3.05, 3.63) is 41.8 Å². The first-order valence-electron chi connectivity index (χ1n) is 8.37. The van der Waals surface area contributed by atoms with Gasteiger partial charge in [-0.3, -0.25) is 10.00 Å². The summed E-state index contributed by atoms with van der Waals surface area (Å²) in [6.07, 6.45) is 4.38. The molecule has 0 saturated carbocycles. The number of nitrogens with one attached hydrogen (secondary N) is 1. The van der Waals surface area contributed by atoms with Gasteiger partial charge in [0, 0.05) is 44.5 Å². The molecule has 24 heavy (non-hydrogen) atoms. The van der Waals surface area contributed by atoms with Crippen molar-refractivity contribution in [3.8, 4) is 11.3 Å². The number of hydrogen-bond acceptors (Lipinski definition) is 4. The van der Waals surface area contributed by atoms with Gasteiger partial charge in [0.1, 0.15) is 5.82 Å². The van der Waals surface area contributed by atoms with Gasteiger partial charge >= 0.3 is 0 Å². The van der Waals surface area contributed by atoms with Crippen LogP contribution in [0.4, 0.5) is 4.39 Å². The zero-order valence-electron chi connectivity index (χ0n) is 14.0. The van der Waals surface area contributed by atoms with Gasteiger partial charge in [-0.2, -0.15) is 5.10 Å². The first kappa shape index (κ1) is 17.1. The van der Waals surface area contributed by atoms with Crippen LogP contribution in [0.2, 0.25) is 0 Å². The standard InChI is InChI=1S/C18H24FN3O2/c1-23-10-8-22(13-17-3-2-9-24-17)12-15-11-20-21-18(15)14-4-6-16(19)7-5-14/h4-7,11,17H,2-3,8-10,12-13H2,1H3,(H,20,21)/t17-/m1/s1. The van der Waals surface area contributed by atoms with Crippen molar-refractivity contribution in [2.45, 2.75) is 25.5 Å². The Kier molecular flexibility index (Phi) is 5.96. The van der Waals surface area contributed by atoms with Crippen molar-refractivity contribution in [1.29, 1.82) is 0 Å². The third-order valence-corrected chi connectivity index (χ3v) is 4.34. The third-order valence-electron chi connectivity index (χ3n) is 4.34. The number of aromatic nitrogens is 2. The molecule has 2 aromatic rings. The van der Waals surface area contributed by atoms with E-state index in [2.05, 4.69) is 15.1 Å². The maximum Gasteiger partial charge on any atom is 0.123 e. The summed E-state index contributed by atoms with van der Waals surface area (Å²) >= 11 is 0. The molecule has 3 rings (SSSR count). The average molecular weight is 333 g/mol. The highest BCUT2D eigenvalue weighted by molar-refractivity contribution is 5.62. The molecule has 6 heteroatoms. The van der Waals surface area contributed by atoms with Crippen molar-refractivity contribution in [1.82, 2.24) is 15.1 Å². The molecule has 5 nitrogen and oxygen atoms in total. The van der Waals surface area contributed by atoms with E-state index in [1.165, 1.54) is 12.1 Å². The molecule has 0 amide bonds. The number of ether oxygens (including phenoxy) is 2. The Labute approximate surface area is 141 Å². The average Bonchev–Trinajstić information content (AvgIpc) is 3.25. The van der Waals surface area contributed by atoms with Gasteiger partial charge in [0.15, 0.2) is 0 Å². The monoisotopic (exact) mass is 333 g/mol. The molecule has 1 atom stereocenters. The van der Waals surface area contributed by atoms with Gasteiger partial charge in [-0.25, -0.2) is 4.39 Å². The topological polar surface area (TPSA) is 50.4 Å². The highest BCUT2D eigenvalue weighted by Crippen LogP contribution is 2.23. The summed E-state index contributed by atoms with van der Waals surface area (Å²) < 4.78 is 24.1. The molecular weight excluding hydrogens is 309 g/mol. The van der Waals surface area contributed by atoms with Crippen molar-refractivity contribution in [2.24, 2.45) is 0 Å². The second-order valence-electron chi connectivity index (χ2n) is 6.14. The fourth-order valence-corrected chi connectivity index (χ4v) is 3.07. The molecule has 0 unspecified atom stereocenters. The first-order valence-corrected chi connectivity index (χ1v) is 8.37. The minimum atomic E-state index is -0.236. The Balaban J connectivity index is 1.71. The van der Waals surface area contributed by atoms with Crippen LogP contribution in [-0.2, 0) is 16.0 Å². The normalized spacial score (nSPS) is 17.7. The van der Waals surface area contributed by atoms with Crippen LogP contribution in [0, 0.1) is 5.82 Å². The molecule has 1 aliphatic heterocycles. The minimum absolute atomic E-state index is 0.236. The van der Waals surface area contributed by atoms with Crippen molar-refractivity contribution in [3.63, 3.8) is 0 Å². The quantitative estimate of drug-likeness (QED) is 0.807. The zero-order valence-corrected chi connectivity index (χ0v) is 14.0. The number of methoxy groups -OCH3 is 1. The largest absolute Gasteiger partial charge is 0.383 e. The van der Waals surface area contributed by atoms with Crippen molar-refractivity contribution < 1.29 is 13.9 Å². The fraction of sp³-hybridized carbons (Fsp3) is 0.500. The zero-order chi connectivity index (χ0) is 16.8. The Morgan fingerprint density at radius 1 is 1.38 bits per heavy atom. The van der Waals surface area contributed by atoms with Crippen LogP contribution in [0.25, 0.3) is 11.3 Å². The number of H-pyrrole nitrogens is 1. The lowest BCUT2D eigenvalue weighted by atomic mass is 10.1. The number of nitrogens with zero attached hydrogens (tertiary/aromatic N) is 2. The van der Waals surface area contributed by atoms with Crippen LogP contribution in [-0.4, -0.2) is 54.6 Å². The Hall–Kier alpha value is -1.76. The maximum atomic E-state index is 13.1. The Morgan fingerprint density at radius 3 is 2.92 bits per heavy atom. The number of rotatable bonds is 8. The molecule has 0 bridgehead atoms. The van der Waals surface area contributed by atoms with Gasteiger partial charge in [-0.15, -0.1) is 0 Å². The Morgan fingerprint density at radius 2 is 2.21 bits per heavy atom. The van der Waals surface area contributed by atoms with Crippen LogP contribution in [0.1, 0.15) is 18.4 Å². The van der Waals surface area contributed by atoms with E-state index in [0.717, 1.165) is 55.9 Å². The molecule has 1 fully saturated rings. The van der Waals surface area contributed by atoms with Crippen molar-refractivity contribution in [2.75, 3.05) is 33.4 Å². The molecule has 1 aromatic carbocycles. The molecule has 1 N–H and O–H groups in total. The van der Waals surface area contributed by atoms with E-state index < -0.39 is 0 Å². The van der Waals surface area contributed by atoms with Gasteiger partial charge in [0.05, 0.1) is 24.6 Å². The summed E-state index contributed by atoms with van der Waals surface area (Å²) in [5.41, 5.74) is 2.97. The van der Waals surface area contributed by atoms with Crippen LogP contribution in [0.5, 0.6) is 0 Å². The van der Waals surface area contributed by atoms with Crippen LogP contribution in [0.3, 0.4) is 0 Å². The van der Waals surface area contributed by atoms with E-state index in [-0.39, 0.29) is 5.82 Å². The van der Waals surface area contributed by atoms with Crippen LogP contribution in [0.15, 0.2) is 30.5 Å². The minimum Gasteiger partial charge on any atom is -0.383 e. The molecule has 0 spiro atoms. The maximum absolute atomic E-state index is 13.1. The number of aromatic amines is 1. The molecule has 2 heterocycles. The molecule has 130 valence electrons. The molecule has 0 radical (unpaired) electrons. The van der Waals surface area contributed by atoms with E-state index in [0.29, 0.717) is 12.7 Å². The van der Waals surface area contributed by atoms with Gasteiger partial charge in [0.2, 0.25) is 0 Å². The molecular formula is C18H24FN3O2. The number of benzene rings is 1. The summed E-state index contributed by atoms with van der Waals surface area (Å²) in [4.78, 5) is 2.33. The van der Waals surface area contributed by atoms with E-state index in [1.807, 2.05) is 6.20 Å². The fourth-order valence-electron chi connectivity index (χ4n) is 3.07.